The summed E-state index contributed by atoms with van der Waals surface area (Å²) in [6, 6.07) is 18.8. The smallest absolute Gasteiger partial charge is 0.231 e. The SMILES string of the molecule is COc1ccc(/C=C2\Oc3cc(OCc4ccccc4C)ccc3C2=O)cc1OC. The number of carbonyl (C=O) groups is 1. The van der Waals surface area contributed by atoms with Crippen molar-refractivity contribution in [1.29, 1.82) is 0 Å². The molecule has 3 aromatic carbocycles. The Kier molecular flexibility index (Phi) is 5.44. The number of fused-ring (bicyclic) bond motifs is 1. The van der Waals surface area contributed by atoms with E-state index in [1.807, 2.05) is 37.3 Å². The van der Waals surface area contributed by atoms with Crippen molar-refractivity contribution in [3.05, 3.63) is 88.7 Å². The molecule has 1 heterocycles. The summed E-state index contributed by atoms with van der Waals surface area (Å²) < 4.78 is 22.3. The minimum absolute atomic E-state index is 0.162. The number of aryl methyl sites for hydroxylation is 1. The average molecular weight is 402 g/mol. The van der Waals surface area contributed by atoms with Gasteiger partial charge in [0.1, 0.15) is 18.1 Å². The Morgan fingerprint density at radius 2 is 1.73 bits per heavy atom. The van der Waals surface area contributed by atoms with E-state index in [0.717, 1.165) is 11.1 Å². The second kappa shape index (κ2) is 8.33. The number of ether oxygens (including phenoxy) is 4. The normalized spacial score (nSPS) is 13.7. The second-order valence-corrected chi connectivity index (χ2v) is 6.93. The van der Waals surface area contributed by atoms with Crippen molar-refractivity contribution < 1.29 is 23.7 Å². The first-order valence-corrected chi connectivity index (χ1v) is 9.56. The highest BCUT2D eigenvalue weighted by Gasteiger charge is 2.27. The monoisotopic (exact) mass is 402 g/mol. The highest BCUT2D eigenvalue weighted by Crippen LogP contribution is 2.36. The Hall–Kier alpha value is -3.73. The van der Waals surface area contributed by atoms with Crippen LogP contribution in [-0.4, -0.2) is 20.0 Å². The zero-order valence-electron chi connectivity index (χ0n) is 17.1. The minimum atomic E-state index is -0.162. The summed E-state index contributed by atoms with van der Waals surface area (Å²) >= 11 is 0. The number of carbonyl (C=O) groups excluding carboxylic acids is 1. The van der Waals surface area contributed by atoms with Gasteiger partial charge >= 0.3 is 0 Å². The summed E-state index contributed by atoms with van der Waals surface area (Å²) in [5.74, 6) is 2.45. The Bertz CT molecular complexity index is 1130. The van der Waals surface area contributed by atoms with E-state index in [0.29, 0.717) is 35.2 Å². The van der Waals surface area contributed by atoms with Gasteiger partial charge in [0.25, 0.3) is 0 Å². The summed E-state index contributed by atoms with van der Waals surface area (Å²) in [4.78, 5) is 12.7. The van der Waals surface area contributed by atoms with Gasteiger partial charge in [0.2, 0.25) is 5.78 Å². The van der Waals surface area contributed by atoms with E-state index in [4.69, 9.17) is 18.9 Å². The lowest BCUT2D eigenvalue weighted by molar-refractivity contribution is 0.101. The van der Waals surface area contributed by atoms with Crippen molar-refractivity contribution in [2.24, 2.45) is 0 Å². The topological polar surface area (TPSA) is 54.0 Å². The van der Waals surface area contributed by atoms with Crippen LogP contribution < -0.4 is 18.9 Å². The van der Waals surface area contributed by atoms with Crippen molar-refractivity contribution in [2.45, 2.75) is 13.5 Å². The van der Waals surface area contributed by atoms with E-state index in [-0.39, 0.29) is 11.5 Å². The van der Waals surface area contributed by atoms with Gasteiger partial charge < -0.3 is 18.9 Å². The third kappa shape index (κ3) is 3.87. The molecule has 0 bridgehead atoms. The fourth-order valence-corrected chi connectivity index (χ4v) is 3.28. The fourth-order valence-electron chi connectivity index (χ4n) is 3.28. The molecule has 5 heteroatoms. The number of benzene rings is 3. The van der Waals surface area contributed by atoms with Crippen LogP contribution in [0.4, 0.5) is 0 Å². The van der Waals surface area contributed by atoms with Gasteiger partial charge in [0.15, 0.2) is 17.3 Å². The fraction of sp³-hybridized carbons (Fsp3) is 0.160. The first kappa shape index (κ1) is 19.6. The molecule has 0 amide bonds. The summed E-state index contributed by atoms with van der Waals surface area (Å²) in [6.45, 7) is 2.50. The third-order valence-electron chi connectivity index (χ3n) is 5.00. The highest BCUT2D eigenvalue weighted by atomic mass is 16.5. The number of ketones is 1. The summed E-state index contributed by atoms with van der Waals surface area (Å²) in [7, 11) is 3.15. The van der Waals surface area contributed by atoms with Crippen molar-refractivity contribution in [3.63, 3.8) is 0 Å². The maximum atomic E-state index is 12.7. The molecule has 0 aromatic heterocycles. The molecule has 0 unspecified atom stereocenters. The maximum absolute atomic E-state index is 12.7. The number of Topliss-reactive ketones (excluding diaryl/α,β-unsaturated/α-hetero) is 1. The van der Waals surface area contributed by atoms with E-state index < -0.39 is 0 Å². The van der Waals surface area contributed by atoms with E-state index in [1.165, 1.54) is 5.56 Å². The molecule has 30 heavy (non-hydrogen) atoms. The molecule has 0 N–H and O–H groups in total. The van der Waals surface area contributed by atoms with Gasteiger partial charge in [-0.3, -0.25) is 4.79 Å². The highest BCUT2D eigenvalue weighted by molar-refractivity contribution is 6.14. The van der Waals surface area contributed by atoms with Crippen LogP contribution in [0.25, 0.3) is 6.08 Å². The molecule has 0 fully saturated rings. The Labute approximate surface area is 175 Å². The zero-order valence-corrected chi connectivity index (χ0v) is 17.1. The van der Waals surface area contributed by atoms with Gasteiger partial charge in [-0.15, -0.1) is 0 Å². The zero-order chi connectivity index (χ0) is 21.1. The molecule has 0 aliphatic carbocycles. The van der Waals surface area contributed by atoms with Crippen LogP contribution in [0.15, 0.2) is 66.4 Å². The average Bonchev–Trinajstić information content (AvgIpc) is 3.07. The van der Waals surface area contributed by atoms with Crippen LogP contribution in [0.2, 0.25) is 0 Å². The predicted molar refractivity (Wildman–Crippen MR) is 114 cm³/mol. The van der Waals surface area contributed by atoms with Gasteiger partial charge in [-0.1, -0.05) is 30.3 Å². The molecule has 0 spiro atoms. The van der Waals surface area contributed by atoms with Gasteiger partial charge in [-0.2, -0.15) is 0 Å². The van der Waals surface area contributed by atoms with Crippen LogP contribution in [-0.2, 0) is 6.61 Å². The largest absolute Gasteiger partial charge is 0.493 e. The quantitative estimate of drug-likeness (QED) is 0.530. The molecular weight excluding hydrogens is 380 g/mol. The Balaban J connectivity index is 1.53. The van der Waals surface area contributed by atoms with E-state index in [9.17, 15) is 4.79 Å². The van der Waals surface area contributed by atoms with Crippen molar-refractivity contribution in [2.75, 3.05) is 14.2 Å². The standard InChI is InChI=1S/C25H22O5/c1-16-6-4-5-7-18(16)15-29-19-9-10-20-22(14-19)30-24(25(20)26)13-17-8-11-21(27-2)23(12-17)28-3/h4-14H,15H2,1-3H3/b24-13-. The number of methoxy groups -OCH3 is 2. The van der Waals surface area contributed by atoms with Crippen LogP contribution >= 0.6 is 0 Å². The van der Waals surface area contributed by atoms with E-state index >= 15 is 0 Å². The van der Waals surface area contributed by atoms with Crippen LogP contribution in [0, 0.1) is 6.92 Å². The first-order valence-electron chi connectivity index (χ1n) is 9.56. The molecular formula is C25H22O5. The molecule has 5 nitrogen and oxygen atoms in total. The molecule has 1 aliphatic heterocycles. The molecule has 4 rings (SSSR count). The number of allylic oxidation sites excluding steroid dienone is 1. The molecule has 0 saturated carbocycles. The van der Waals surface area contributed by atoms with E-state index in [1.54, 1.807) is 50.6 Å². The van der Waals surface area contributed by atoms with Gasteiger partial charge in [-0.25, -0.2) is 0 Å². The Morgan fingerprint density at radius 3 is 2.50 bits per heavy atom. The summed E-state index contributed by atoms with van der Waals surface area (Å²) in [5.41, 5.74) is 3.58. The maximum Gasteiger partial charge on any atom is 0.231 e. The summed E-state index contributed by atoms with van der Waals surface area (Å²) in [6.07, 6.45) is 1.69. The molecule has 0 atom stereocenters. The lowest BCUT2D eigenvalue weighted by Gasteiger charge is -2.09. The first-order chi connectivity index (χ1) is 14.6. The lowest BCUT2D eigenvalue weighted by Crippen LogP contribution is -1.98. The van der Waals surface area contributed by atoms with E-state index in [2.05, 4.69) is 0 Å². The molecule has 152 valence electrons. The van der Waals surface area contributed by atoms with Crippen molar-refractivity contribution >= 4 is 11.9 Å². The second-order valence-electron chi connectivity index (χ2n) is 6.93. The van der Waals surface area contributed by atoms with Crippen molar-refractivity contribution in [3.8, 4) is 23.0 Å². The molecule has 0 saturated heterocycles. The van der Waals surface area contributed by atoms with Gasteiger partial charge in [0, 0.05) is 6.07 Å². The number of hydrogen-bond donors (Lipinski definition) is 0. The predicted octanol–water partition coefficient (Wildman–Crippen LogP) is 5.21. The van der Waals surface area contributed by atoms with Gasteiger partial charge in [0.05, 0.1) is 19.8 Å². The third-order valence-corrected chi connectivity index (χ3v) is 5.00. The van der Waals surface area contributed by atoms with Crippen molar-refractivity contribution in [1.82, 2.24) is 0 Å². The molecule has 1 aliphatic rings. The van der Waals surface area contributed by atoms with Crippen LogP contribution in [0.5, 0.6) is 23.0 Å². The number of hydrogen-bond acceptors (Lipinski definition) is 5. The summed E-state index contributed by atoms with van der Waals surface area (Å²) in [5, 5.41) is 0. The van der Waals surface area contributed by atoms with Crippen LogP contribution in [0.1, 0.15) is 27.0 Å². The minimum Gasteiger partial charge on any atom is -0.493 e. The van der Waals surface area contributed by atoms with Gasteiger partial charge in [-0.05, 0) is 54.0 Å². The number of rotatable bonds is 6. The molecule has 3 aromatic rings. The lowest BCUT2D eigenvalue weighted by atomic mass is 10.1. The van der Waals surface area contributed by atoms with Crippen LogP contribution in [0.3, 0.4) is 0 Å². The molecule has 0 radical (unpaired) electrons. The Morgan fingerprint density at radius 1 is 0.933 bits per heavy atom.